The van der Waals surface area contributed by atoms with Crippen LogP contribution in [0.5, 0.6) is 17.2 Å². The number of nitrogens with zero attached hydrogens (tertiary/aromatic N) is 2. The highest BCUT2D eigenvalue weighted by Crippen LogP contribution is 2.29. The molecule has 0 heterocycles. The van der Waals surface area contributed by atoms with Crippen molar-refractivity contribution in [3.63, 3.8) is 0 Å². The monoisotopic (exact) mass is 284 g/mol. The Morgan fingerprint density at radius 1 is 1.24 bits per heavy atom. The highest BCUT2D eigenvalue weighted by Gasteiger charge is 2.12. The average molecular weight is 284 g/mol. The number of benzene rings is 2. The van der Waals surface area contributed by atoms with Gasteiger partial charge in [-0.05, 0) is 25.1 Å². The summed E-state index contributed by atoms with van der Waals surface area (Å²) < 4.78 is 11.0. The average Bonchev–Trinajstić information content (AvgIpc) is 2.48. The fraction of sp³-hybridized carbons (Fsp3) is 0.133. The summed E-state index contributed by atoms with van der Waals surface area (Å²) in [5.74, 6) is 1.40. The lowest BCUT2D eigenvalue weighted by Gasteiger charge is -2.09. The molecule has 0 N–H and O–H groups in total. The summed E-state index contributed by atoms with van der Waals surface area (Å²) >= 11 is 0. The van der Waals surface area contributed by atoms with Crippen LogP contribution in [0.25, 0.3) is 0 Å². The molecule has 2 rings (SSSR count). The number of ether oxygens (including phenoxy) is 2. The van der Waals surface area contributed by atoms with E-state index in [0.29, 0.717) is 18.1 Å². The van der Waals surface area contributed by atoms with Crippen molar-refractivity contribution in [3.8, 4) is 23.3 Å². The number of nitro groups is 1. The number of hydrogen-bond acceptors (Lipinski definition) is 5. The zero-order valence-electron chi connectivity index (χ0n) is 11.3. The maximum Gasteiger partial charge on any atom is 0.271 e. The third-order valence-corrected chi connectivity index (χ3v) is 2.64. The Hall–Kier alpha value is -3.07. The van der Waals surface area contributed by atoms with Crippen LogP contribution in [0.2, 0.25) is 0 Å². The lowest BCUT2D eigenvalue weighted by molar-refractivity contribution is -0.384. The first-order chi connectivity index (χ1) is 10.1. The molecule has 0 amide bonds. The van der Waals surface area contributed by atoms with Crippen LogP contribution >= 0.6 is 0 Å². The Balaban J connectivity index is 2.29. The second kappa shape index (κ2) is 6.39. The van der Waals surface area contributed by atoms with E-state index in [-0.39, 0.29) is 17.0 Å². The van der Waals surface area contributed by atoms with E-state index in [1.54, 1.807) is 24.3 Å². The van der Waals surface area contributed by atoms with Crippen molar-refractivity contribution >= 4 is 5.69 Å². The van der Waals surface area contributed by atoms with Crippen LogP contribution < -0.4 is 9.47 Å². The fourth-order valence-electron chi connectivity index (χ4n) is 1.73. The summed E-state index contributed by atoms with van der Waals surface area (Å²) in [6.07, 6.45) is 0. The second-order valence-electron chi connectivity index (χ2n) is 4.06. The first-order valence-electron chi connectivity index (χ1n) is 6.23. The number of nitro benzene ring substituents is 1. The van der Waals surface area contributed by atoms with Crippen molar-refractivity contribution < 1.29 is 14.4 Å². The minimum atomic E-state index is -0.555. The van der Waals surface area contributed by atoms with Gasteiger partial charge in [0, 0.05) is 18.2 Å². The molecule has 0 aliphatic carbocycles. The van der Waals surface area contributed by atoms with E-state index >= 15 is 0 Å². The molecular formula is C15H12N2O4. The standard InChI is InChI=1S/C15H12N2O4/c1-2-20-13-4-3-5-14(9-13)21-15-7-6-12(17(18)19)8-11(15)10-16/h3-9H,2H2,1H3. The van der Waals surface area contributed by atoms with E-state index in [2.05, 4.69) is 0 Å². The Bertz CT molecular complexity index is 707. The topological polar surface area (TPSA) is 85.4 Å². The molecule has 0 bridgehead atoms. The van der Waals surface area contributed by atoms with Gasteiger partial charge in [0.1, 0.15) is 28.9 Å². The molecule has 2 aromatic rings. The highest BCUT2D eigenvalue weighted by molar-refractivity contribution is 5.51. The summed E-state index contributed by atoms with van der Waals surface area (Å²) in [4.78, 5) is 10.1. The summed E-state index contributed by atoms with van der Waals surface area (Å²) in [6, 6.07) is 12.7. The van der Waals surface area contributed by atoms with E-state index in [4.69, 9.17) is 14.7 Å². The van der Waals surface area contributed by atoms with Gasteiger partial charge in [-0.2, -0.15) is 5.26 Å². The minimum absolute atomic E-state index is 0.103. The Kier molecular flexibility index (Phi) is 4.36. The van der Waals surface area contributed by atoms with Gasteiger partial charge < -0.3 is 9.47 Å². The molecule has 0 radical (unpaired) electrons. The number of nitriles is 1. The number of rotatable bonds is 5. The van der Waals surface area contributed by atoms with Crippen LogP contribution in [0.1, 0.15) is 12.5 Å². The van der Waals surface area contributed by atoms with E-state index in [9.17, 15) is 10.1 Å². The largest absolute Gasteiger partial charge is 0.494 e. The quantitative estimate of drug-likeness (QED) is 0.617. The zero-order valence-corrected chi connectivity index (χ0v) is 11.3. The summed E-state index contributed by atoms with van der Waals surface area (Å²) in [6.45, 7) is 2.40. The lowest BCUT2D eigenvalue weighted by Crippen LogP contribution is -1.94. The second-order valence-corrected chi connectivity index (χ2v) is 4.06. The molecule has 6 nitrogen and oxygen atoms in total. The molecule has 0 aliphatic heterocycles. The van der Waals surface area contributed by atoms with Crippen molar-refractivity contribution in [2.75, 3.05) is 6.61 Å². The zero-order chi connectivity index (χ0) is 15.2. The van der Waals surface area contributed by atoms with Gasteiger partial charge in [0.15, 0.2) is 0 Å². The molecular weight excluding hydrogens is 272 g/mol. The molecule has 21 heavy (non-hydrogen) atoms. The van der Waals surface area contributed by atoms with Crippen molar-refractivity contribution in [1.82, 2.24) is 0 Å². The Morgan fingerprint density at radius 2 is 2.00 bits per heavy atom. The van der Waals surface area contributed by atoms with Crippen LogP contribution in [-0.2, 0) is 0 Å². The van der Waals surface area contributed by atoms with Crippen LogP contribution in [0.4, 0.5) is 5.69 Å². The first-order valence-corrected chi connectivity index (χ1v) is 6.23. The Labute approximate surface area is 121 Å². The van der Waals surface area contributed by atoms with Crippen LogP contribution in [-0.4, -0.2) is 11.5 Å². The van der Waals surface area contributed by atoms with Gasteiger partial charge >= 0.3 is 0 Å². The van der Waals surface area contributed by atoms with Crippen molar-refractivity contribution in [3.05, 3.63) is 58.1 Å². The molecule has 0 spiro atoms. The molecule has 0 saturated carbocycles. The molecule has 2 aromatic carbocycles. The molecule has 0 atom stereocenters. The maximum atomic E-state index is 10.7. The first kappa shape index (κ1) is 14.3. The van der Waals surface area contributed by atoms with E-state index in [0.717, 1.165) is 0 Å². The minimum Gasteiger partial charge on any atom is -0.494 e. The van der Waals surface area contributed by atoms with Gasteiger partial charge in [-0.1, -0.05) is 6.07 Å². The molecule has 0 saturated heterocycles. The predicted molar refractivity (Wildman–Crippen MR) is 75.5 cm³/mol. The number of hydrogen-bond donors (Lipinski definition) is 0. The summed E-state index contributed by atoms with van der Waals surface area (Å²) in [5, 5.41) is 19.8. The smallest absolute Gasteiger partial charge is 0.271 e. The van der Waals surface area contributed by atoms with Crippen LogP contribution in [0.15, 0.2) is 42.5 Å². The molecule has 106 valence electrons. The van der Waals surface area contributed by atoms with E-state index in [1.807, 2.05) is 13.0 Å². The highest BCUT2D eigenvalue weighted by atomic mass is 16.6. The van der Waals surface area contributed by atoms with Gasteiger partial charge in [-0.15, -0.1) is 0 Å². The molecule has 0 unspecified atom stereocenters. The van der Waals surface area contributed by atoms with Gasteiger partial charge in [0.25, 0.3) is 5.69 Å². The Morgan fingerprint density at radius 3 is 2.67 bits per heavy atom. The van der Waals surface area contributed by atoms with E-state index < -0.39 is 4.92 Å². The molecule has 0 aliphatic rings. The van der Waals surface area contributed by atoms with Crippen molar-refractivity contribution in [2.24, 2.45) is 0 Å². The number of non-ortho nitro benzene ring substituents is 1. The fourth-order valence-corrected chi connectivity index (χ4v) is 1.73. The third-order valence-electron chi connectivity index (χ3n) is 2.64. The van der Waals surface area contributed by atoms with Gasteiger partial charge in [0.2, 0.25) is 0 Å². The summed E-state index contributed by atoms with van der Waals surface area (Å²) in [5.41, 5.74) is -0.0482. The lowest BCUT2D eigenvalue weighted by atomic mass is 10.2. The third kappa shape index (κ3) is 3.48. The SMILES string of the molecule is CCOc1cccc(Oc2ccc([N+](=O)[O-])cc2C#N)c1. The van der Waals surface area contributed by atoms with Crippen LogP contribution in [0.3, 0.4) is 0 Å². The molecule has 6 heteroatoms. The molecule has 0 aromatic heterocycles. The van der Waals surface area contributed by atoms with Crippen molar-refractivity contribution in [1.29, 1.82) is 5.26 Å². The van der Waals surface area contributed by atoms with Crippen LogP contribution in [0, 0.1) is 21.4 Å². The van der Waals surface area contributed by atoms with E-state index in [1.165, 1.54) is 18.2 Å². The van der Waals surface area contributed by atoms with Gasteiger partial charge in [0.05, 0.1) is 11.5 Å². The maximum absolute atomic E-state index is 10.7. The normalized spacial score (nSPS) is 9.71. The summed E-state index contributed by atoms with van der Waals surface area (Å²) in [7, 11) is 0. The van der Waals surface area contributed by atoms with Crippen molar-refractivity contribution in [2.45, 2.75) is 6.92 Å². The van der Waals surface area contributed by atoms with Gasteiger partial charge in [-0.3, -0.25) is 10.1 Å². The predicted octanol–water partition coefficient (Wildman–Crippen LogP) is 3.66. The van der Waals surface area contributed by atoms with Gasteiger partial charge in [-0.25, -0.2) is 0 Å². The molecule has 0 fully saturated rings.